The van der Waals surface area contributed by atoms with Crippen LogP contribution in [0.3, 0.4) is 0 Å². The summed E-state index contributed by atoms with van der Waals surface area (Å²) in [6.45, 7) is 1.15. The summed E-state index contributed by atoms with van der Waals surface area (Å²) in [6, 6.07) is 28.0. The summed E-state index contributed by atoms with van der Waals surface area (Å²) >= 11 is 0. The van der Waals surface area contributed by atoms with Crippen LogP contribution < -0.4 is 32.0 Å². The van der Waals surface area contributed by atoms with Crippen molar-refractivity contribution in [2.75, 3.05) is 55.2 Å². The number of hydrogen-bond donors (Lipinski definition) is 2. The van der Waals surface area contributed by atoms with E-state index in [1.807, 2.05) is 85.9 Å². The van der Waals surface area contributed by atoms with Crippen molar-refractivity contribution in [1.82, 2.24) is 24.0 Å². The van der Waals surface area contributed by atoms with Crippen molar-refractivity contribution >= 4 is 0 Å². The van der Waals surface area contributed by atoms with Crippen molar-refractivity contribution < 1.29 is 33.2 Å². The highest BCUT2D eigenvalue weighted by atomic mass is 16.6. The molecule has 7 atom stereocenters. The average Bonchev–Trinajstić information content (AvgIpc) is 3.83. The Hall–Kier alpha value is -5.62. The third-order valence-corrected chi connectivity index (χ3v) is 11.5. The number of H-pyrrole nitrogens is 2. The van der Waals surface area contributed by atoms with Gasteiger partial charge in [0.05, 0.1) is 33.0 Å². The monoisotopic (exact) mass is 825 g/mol. The Kier molecular flexibility index (Phi) is 13.3. The zero-order valence-electron chi connectivity index (χ0n) is 34.2. The first kappa shape index (κ1) is 42.5. The van der Waals surface area contributed by atoms with Crippen molar-refractivity contribution in [1.29, 1.82) is 0 Å². The highest BCUT2D eigenvalue weighted by molar-refractivity contribution is 5.49. The van der Waals surface area contributed by atoms with E-state index in [9.17, 15) is 19.2 Å². The normalized spacial score (nSPS) is 22.9. The summed E-state index contributed by atoms with van der Waals surface area (Å²) in [6.07, 6.45) is 0.427. The van der Waals surface area contributed by atoms with Gasteiger partial charge in [-0.2, -0.15) is 0 Å². The molecule has 60 heavy (non-hydrogen) atoms. The van der Waals surface area contributed by atoms with E-state index >= 15 is 0 Å². The summed E-state index contributed by atoms with van der Waals surface area (Å²) in [4.78, 5) is 56.4. The van der Waals surface area contributed by atoms with E-state index in [0.29, 0.717) is 37.4 Å². The van der Waals surface area contributed by atoms with E-state index in [2.05, 4.69) is 14.9 Å². The molecule has 16 nitrogen and oxygen atoms in total. The maximum absolute atomic E-state index is 13.2. The lowest BCUT2D eigenvalue weighted by atomic mass is 9.79. The van der Waals surface area contributed by atoms with E-state index in [4.69, 9.17) is 33.2 Å². The fourth-order valence-electron chi connectivity index (χ4n) is 8.44. The van der Waals surface area contributed by atoms with Gasteiger partial charge in [0.2, 0.25) is 0 Å². The van der Waals surface area contributed by atoms with Gasteiger partial charge in [0.15, 0.2) is 12.5 Å². The van der Waals surface area contributed by atoms with Gasteiger partial charge < -0.3 is 38.1 Å². The van der Waals surface area contributed by atoms with Crippen LogP contribution in [0.4, 0.5) is 0 Å². The second-order valence-corrected chi connectivity index (χ2v) is 15.0. The molecule has 5 aromatic rings. The van der Waals surface area contributed by atoms with Crippen LogP contribution >= 0.6 is 0 Å². The molecule has 0 amide bonds. The fraction of sp³-hybridized carbons (Fsp3) is 0.409. The molecular formula is C44H51N5O11. The SMILES string of the molecule is COc1ccc(C(OC[C@H]2O[C@@H](n3ccc(=O)[nH]c3=O)[C@H](OC)[C@@H]2CCN(C)C[C@H]2C[C@@H](OC)[C@H](n3ccc(=O)[nH]c3=O)O2)(c2ccccc2)c2ccc(OC)cc2)cc1. The Morgan fingerprint density at radius 3 is 1.77 bits per heavy atom. The Balaban J connectivity index is 1.19. The fourth-order valence-corrected chi connectivity index (χ4v) is 8.44. The minimum absolute atomic E-state index is 0.0760. The Labute approximate surface area is 346 Å². The van der Waals surface area contributed by atoms with Crippen LogP contribution in [-0.4, -0.2) is 104 Å². The molecule has 0 aliphatic carbocycles. The first-order valence-electron chi connectivity index (χ1n) is 19.7. The number of rotatable bonds is 17. The smallest absolute Gasteiger partial charge is 0.330 e. The molecule has 0 spiro atoms. The zero-order chi connectivity index (χ0) is 42.4. The van der Waals surface area contributed by atoms with Crippen molar-refractivity contribution in [3.63, 3.8) is 0 Å². The van der Waals surface area contributed by atoms with Gasteiger partial charge in [-0.25, -0.2) is 9.59 Å². The van der Waals surface area contributed by atoms with Crippen molar-refractivity contribution in [2.24, 2.45) is 5.92 Å². The van der Waals surface area contributed by atoms with Crippen molar-refractivity contribution in [2.45, 2.75) is 55.3 Å². The molecule has 2 aromatic heterocycles. The van der Waals surface area contributed by atoms with E-state index in [0.717, 1.165) is 16.7 Å². The largest absolute Gasteiger partial charge is 0.497 e. The summed E-state index contributed by atoms with van der Waals surface area (Å²) in [7, 11) is 8.37. The van der Waals surface area contributed by atoms with Gasteiger partial charge in [-0.05, 0) is 61.0 Å². The van der Waals surface area contributed by atoms with Gasteiger partial charge >= 0.3 is 11.4 Å². The number of nitrogens with zero attached hydrogens (tertiary/aromatic N) is 3. The van der Waals surface area contributed by atoms with Crippen LogP contribution in [0.5, 0.6) is 11.5 Å². The summed E-state index contributed by atoms with van der Waals surface area (Å²) in [5.41, 5.74) is -0.780. The molecule has 2 fully saturated rings. The number of aromatic amines is 2. The van der Waals surface area contributed by atoms with E-state index in [1.165, 1.54) is 33.7 Å². The molecule has 2 aliphatic heterocycles. The quantitative estimate of drug-likeness (QED) is 0.131. The van der Waals surface area contributed by atoms with Gasteiger partial charge in [0.1, 0.15) is 29.3 Å². The lowest BCUT2D eigenvalue weighted by molar-refractivity contribution is -0.0932. The summed E-state index contributed by atoms with van der Waals surface area (Å²) in [5, 5.41) is 0. The van der Waals surface area contributed by atoms with E-state index < -0.39 is 58.9 Å². The minimum atomic E-state index is -1.14. The predicted octanol–water partition coefficient (Wildman–Crippen LogP) is 3.27. The van der Waals surface area contributed by atoms with Crippen LogP contribution in [0.1, 0.15) is 42.0 Å². The molecule has 4 heterocycles. The zero-order valence-corrected chi connectivity index (χ0v) is 34.2. The number of hydrogen-bond acceptors (Lipinski definition) is 12. The average molecular weight is 826 g/mol. The third-order valence-electron chi connectivity index (χ3n) is 11.5. The summed E-state index contributed by atoms with van der Waals surface area (Å²) < 4.78 is 46.0. The van der Waals surface area contributed by atoms with Crippen LogP contribution in [-0.2, 0) is 29.3 Å². The molecule has 3 aromatic carbocycles. The number of likely N-dealkylation sites (N-methyl/N-ethyl adjacent to an activating group) is 1. The molecule has 2 N–H and O–H groups in total. The molecule has 0 unspecified atom stereocenters. The van der Waals surface area contributed by atoms with Crippen LogP contribution in [0.15, 0.2) is 123 Å². The van der Waals surface area contributed by atoms with Gasteiger partial charge in [-0.3, -0.25) is 28.7 Å². The maximum atomic E-state index is 13.2. The highest BCUT2D eigenvalue weighted by Crippen LogP contribution is 2.44. The van der Waals surface area contributed by atoms with Gasteiger partial charge in [-0.15, -0.1) is 0 Å². The maximum Gasteiger partial charge on any atom is 0.330 e. The number of benzene rings is 3. The number of ether oxygens (including phenoxy) is 7. The van der Waals surface area contributed by atoms with Gasteiger partial charge in [0.25, 0.3) is 11.1 Å². The molecule has 2 aliphatic rings. The lowest BCUT2D eigenvalue weighted by Crippen LogP contribution is -2.39. The van der Waals surface area contributed by atoms with Crippen LogP contribution in [0.25, 0.3) is 0 Å². The van der Waals surface area contributed by atoms with Crippen molar-refractivity contribution in [3.05, 3.63) is 162 Å². The Morgan fingerprint density at radius 1 is 0.700 bits per heavy atom. The number of nitrogens with one attached hydrogen (secondary N) is 2. The molecule has 2 saturated heterocycles. The standard InChI is InChI=1S/C44H51N5O11/c1-47(26-33-25-35(56-4)40(59-33)48-23-20-37(50)45-42(48)52)22-19-34-36(60-41(39(34)57-5)49-24-21-38(51)46-43(49)53)27-58-44(28-9-7-6-8-10-28,29-11-15-31(54-2)16-12-29)30-13-17-32(55-3)18-14-30/h6-18,20-21,23-24,33-36,39-41H,19,22,25-27H2,1-5H3,(H,45,50,52)(H,46,51,53)/t33-,34-,35-,36-,39-,40-,41-/m1/s1. The Bertz CT molecular complexity index is 2370. The minimum Gasteiger partial charge on any atom is -0.497 e. The Morgan fingerprint density at radius 2 is 1.25 bits per heavy atom. The van der Waals surface area contributed by atoms with E-state index in [1.54, 1.807) is 28.4 Å². The van der Waals surface area contributed by atoms with Crippen LogP contribution in [0, 0.1) is 5.92 Å². The molecule has 0 radical (unpaired) electrons. The molecule has 318 valence electrons. The highest BCUT2D eigenvalue weighted by Gasteiger charge is 2.48. The topological polar surface area (TPSA) is 178 Å². The second-order valence-electron chi connectivity index (χ2n) is 15.0. The second kappa shape index (κ2) is 18.8. The van der Waals surface area contributed by atoms with Gasteiger partial charge in [0, 0.05) is 57.6 Å². The first-order valence-corrected chi connectivity index (χ1v) is 19.7. The lowest BCUT2D eigenvalue weighted by Gasteiger charge is -2.37. The molecule has 0 saturated carbocycles. The van der Waals surface area contributed by atoms with E-state index in [-0.39, 0.29) is 18.6 Å². The predicted molar refractivity (Wildman–Crippen MR) is 221 cm³/mol. The van der Waals surface area contributed by atoms with Gasteiger partial charge in [-0.1, -0.05) is 54.6 Å². The van der Waals surface area contributed by atoms with Crippen molar-refractivity contribution in [3.8, 4) is 11.5 Å². The molecular weight excluding hydrogens is 775 g/mol. The molecule has 7 rings (SSSR count). The molecule has 16 heteroatoms. The number of methoxy groups -OCH3 is 4. The van der Waals surface area contributed by atoms with Crippen LogP contribution in [0.2, 0.25) is 0 Å². The number of aromatic nitrogens is 4. The third kappa shape index (κ3) is 8.80. The molecule has 0 bridgehead atoms. The summed E-state index contributed by atoms with van der Waals surface area (Å²) in [5.74, 6) is 1.08. The first-order chi connectivity index (χ1) is 29.1.